The van der Waals surface area contributed by atoms with Crippen molar-refractivity contribution >= 4 is 52.5 Å². The number of phenolic OH excluding ortho intramolecular Hbond substituents is 1. The number of nitrogens with zero attached hydrogens (tertiary/aromatic N) is 2. The quantitative estimate of drug-likeness (QED) is 0.328. The van der Waals surface area contributed by atoms with Gasteiger partial charge in [-0.2, -0.15) is 0 Å². The molecule has 4 amide bonds. The molecular formula is C29H25Cl2FN2O6. The van der Waals surface area contributed by atoms with Crippen LogP contribution in [-0.2, 0) is 19.2 Å². The fraction of sp³-hybridized carbons (Fsp3) is 0.379. The molecule has 40 heavy (non-hydrogen) atoms. The number of phenols is 1. The second kappa shape index (κ2) is 9.04. The van der Waals surface area contributed by atoms with Crippen molar-refractivity contribution in [2.24, 2.45) is 17.8 Å². The summed E-state index contributed by atoms with van der Waals surface area (Å²) in [5.41, 5.74) is 0.873. The van der Waals surface area contributed by atoms with Crippen LogP contribution in [0.15, 0.2) is 54.1 Å². The molecule has 0 bridgehead atoms. The number of halogens is 3. The minimum atomic E-state index is -2.11. The van der Waals surface area contributed by atoms with Crippen molar-refractivity contribution in [2.45, 2.75) is 35.4 Å². The molecule has 208 valence electrons. The molecule has 2 aromatic rings. The fourth-order valence-corrected chi connectivity index (χ4v) is 7.94. The number of hydrogen-bond acceptors (Lipinski definition) is 6. The number of hydrogen-bond donors (Lipinski definition) is 1. The lowest BCUT2D eigenvalue weighted by atomic mass is 9.56. The van der Waals surface area contributed by atoms with E-state index in [1.54, 1.807) is 25.1 Å². The fourth-order valence-electron chi connectivity index (χ4n) is 7.02. The SMILES string of the molecule is CCN1C(=O)C2CC=C3C(CC4(Cl)C(=O)N(c5ccc(F)cc5)C(=O)C4(Cl)C3c3ccc(OC)cc3O)C2C1=O. The molecule has 2 saturated heterocycles. The molecule has 11 heteroatoms. The maximum Gasteiger partial charge on any atom is 0.258 e. The van der Waals surface area contributed by atoms with Crippen molar-refractivity contribution in [3.05, 3.63) is 65.5 Å². The van der Waals surface area contributed by atoms with Crippen LogP contribution in [-0.4, -0.2) is 57.0 Å². The number of aromatic hydroxyl groups is 1. The molecule has 6 rings (SSSR count). The summed E-state index contributed by atoms with van der Waals surface area (Å²) in [6.07, 6.45) is 1.85. The highest BCUT2D eigenvalue weighted by Gasteiger charge is 2.76. The average molecular weight is 587 g/mol. The van der Waals surface area contributed by atoms with Gasteiger partial charge in [0, 0.05) is 24.1 Å². The zero-order chi connectivity index (χ0) is 28.7. The van der Waals surface area contributed by atoms with Crippen molar-refractivity contribution in [1.29, 1.82) is 0 Å². The van der Waals surface area contributed by atoms with Gasteiger partial charge in [0.2, 0.25) is 11.8 Å². The number of amides is 4. The first kappa shape index (κ1) is 26.8. The summed E-state index contributed by atoms with van der Waals surface area (Å²) in [4.78, 5) is 52.8. The minimum absolute atomic E-state index is 0.0858. The molecule has 6 atom stereocenters. The highest BCUT2D eigenvalue weighted by atomic mass is 35.5. The topological polar surface area (TPSA) is 104 Å². The lowest BCUT2D eigenvalue weighted by molar-refractivity contribution is -0.140. The van der Waals surface area contributed by atoms with Crippen LogP contribution in [0.1, 0.15) is 31.2 Å². The summed E-state index contributed by atoms with van der Waals surface area (Å²) in [7, 11) is 1.43. The standard InChI is InChI=1S/C29H25Cl2FN2O6/c1-3-33-24(36)19-11-10-17-20(22(19)25(33)37)13-28(30)26(38)34(15-6-4-14(32)5-7-15)27(39)29(28,31)23(17)18-9-8-16(40-2)12-21(18)35/h4-10,12,19-20,22-23,35H,3,11,13H2,1-2H3. The van der Waals surface area contributed by atoms with E-state index in [0.29, 0.717) is 11.3 Å². The molecule has 6 unspecified atom stereocenters. The maximum absolute atomic E-state index is 14.2. The number of anilines is 1. The van der Waals surface area contributed by atoms with Crippen molar-refractivity contribution < 1.29 is 33.4 Å². The van der Waals surface area contributed by atoms with Crippen LogP contribution in [0.5, 0.6) is 11.5 Å². The molecular weight excluding hydrogens is 562 g/mol. The van der Waals surface area contributed by atoms with Gasteiger partial charge in [-0.1, -0.05) is 17.7 Å². The van der Waals surface area contributed by atoms with Gasteiger partial charge in [-0.25, -0.2) is 9.29 Å². The molecule has 2 heterocycles. The van der Waals surface area contributed by atoms with Gasteiger partial charge in [-0.15, -0.1) is 23.2 Å². The highest BCUT2D eigenvalue weighted by Crippen LogP contribution is 2.66. The Morgan fingerprint density at radius 2 is 1.73 bits per heavy atom. The maximum atomic E-state index is 14.2. The van der Waals surface area contributed by atoms with Crippen LogP contribution in [0.25, 0.3) is 0 Å². The van der Waals surface area contributed by atoms with Crippen molar-refractivity contribution in [1.82, 2.24) is 4.90 Å². The summed E-state index contributed by atoms with van der Waals surface area (Å²) >= 11 is 14.5. The number of carbonyl (C=O) groups excluding carboxylic acids is 4. The summed E-state index contributed by atoms with van der Waals surface area (Å²) in [5.74, 6) is -5.99. The van der Waals surface area contributed by atoms with Crippen LogP contribution in [0.4, 0.5) is 10.1 Å². The summed E-state index contributed by atoms with van der Waals surface area (Å²) < 4.78 is 18.9. The minimum Gasteiger partial charge on any atom is -0.508 e. The molecule has 0 spiro atoms. The van der Waals surface area contributed by atoms with Crippen molar-refractivity contribution in [3.63, 3.8) is 0 Å². The molecule has 8 nitrogen and oxygen atoms in total. The lowest BCUT2D eigenvalue weighted by Crippen LogP contribution is -2.60. The van der Waals surface area contributed by atoms with Crippen molar-refractivity contribution in [2.75, 3.05) is 18.6 Å². The first-order valence-electron chi connectivity index (χ1n) is 12.9. The van der Waals surface area contributed by atoms with Gasteiger partial charge < -0.3 is 9.84 Å². The van der Waals surface area contributed by atoms with Gasteiger partial charge in [-0.05, 0) is 56.0 Å². The number of benzene rings is 2. The molecule has 2 aliphatic carbocycles. The monoisotopic (exact) mass is 586 g/mol. The van der Waals surface area contributed by atoms with Crippen LogP contribution in [0.2, 0.25) is 0 Å². The molecule has 1 N–H and O–H groups in total. The normalized spacial score (nSPS) is 33.1. The molecule has 3 fully saturated rings. The number of carbonyl (C=O) groups is 4. The Hall–Kier alpha value is -3.43. The van der Waals surface area contributed by atoms with Crippen LogP contribution in [0, 0.1) is 23.6 Å². The molecule has 2 aromatic carbocycles. The van der Waals surface area contributed by atoms with E-state index in [0.717, 1.165) is 17.0 Å². The number of allylic oxidation sites excluding steroid dienone is 2. The summed E-state index contributed by atoms with van der Waals surface area (Å²) in [5, 5.41) is 11.1. The van der Waals surface area contributed by atoms with Gasteiger partial charge >= 0.3 is 0 Å². The number of fused-ring (bicyclic) bond motifs is 4. The smallest absolute Gasteiger partial charge is 0.258 e. The Bertz CT molecular complexity index is 1510. The first-order chi connectivity index (χ1) is 19.0. The third kappa shape index (κ3) is 3.31. The second-order valence-electron chi connectivity index (χ2n) is 10.6. The third-order valence-corrected chi connectivity index (χ3v) is 10.3. The Balaban J connectivity index is 1.57. The van der Waals surface area contributed by atoms with E-state index in [2.05, 4.69) is 0 Å². The lowest BCUT2D eigenvalue weighted by Gasteiger charge is -2.50. The molecule has 0 radical (unpaired) electrons. The predicted molar refractivity (Wildman–Crippen MR) is 144 cm³/mol. The molecule has 0 aromatic heterocycles. The zero-order valence-electron chi connectivity index (χ0n) is 21.6. The van der Waals surface area contributed by atoms with Crippen LogP contribution >= 0.6 is 23.2 Å². The Morgan fingerprint density at radius 3 is 2.35 bits per heavy atom. The van der Waals surface area contributed by atoms with Gasteiger partial charge in [0.25, 0.3) is 11.8 Å². The molecule has 2 aliphatic heterocycles. The van der Waals surface area contributed by atoms with Gasteiger partial charge in [0.05, 0.1) is 24.6 Å². The van der Waals surface area contributed by atoms with E-state index in [1.165, 1.54) is 30.2 Å². The van der Waals surface area contributed by atoms with Gasteiger partial charge in [0.15, 0.2) is 9.75 Å². The van der Waals surface area contributed by atoms with E-state index < -0.39 is 51.1 Å². The highest BCUT2D eigenvalue weighted by molar-refractivity contribution is 6.58. The average Bonchev–Trinajstić information content (AvgIpc) is 3.27. The number of ether oxygens (including phenoxy) is 1. The number of methoxy groups -OCH3 is 1. The van der Waals surface area contributed by atoms with E-state index in [9.17, 15) is 28.7 Å². The second-order valence-corrected chi connectivity index (χ2v) is 11.8. The molecule has 1 saturated carbocycles. The Kier molecular flexibility index (Phi) is 6.05. The predicted octanol–water partition coefficient (Wildman–Crippen LogP) is 4.12. The zero-order valence-corrected chi connectivity index (χ0v) is 23.1. The van der Waals surface area contributed by atoms with E-state index in [1.807, 2.05) is 0 Å². The van der Waals surface area contributed by atoms with E-state index in [4.69, 9.17) is 27.9 Å². The third-order valence-electron chi connectivity index (χ3n) is 8.85. The number of alkyl halides is 2. The van der Waals surface area contributed by atoms with Gasteiger partial charge in [0.1, 0.15) is 17.3 Å². The number of likely N-dealkylation sites (tertiary alicyclic amines) is 1. The van der Waals surface area contributed by atoms with Crippen molar-refractivity contribution in [3.8, 4) is 11.5 Å². The number of rotatable bonds is 4. The van der Waals surface area contributed by atoms with Crippen LogP contribution in [0.3, 0.4) is 0 Å². The first-order valence-corrected chi connectivity index (χ1v) is 13.7. The van der Waals surface area contributed by atoms with E-state index >= 15 is 0 Å². The van der Waals surface area contributed by atoms with Gasteiger partial charge in [-0.3, -0.25) is 24.1 Å². The van der Waals surface area contributed by atoms with Crippen LogP contribution < -0.4 is 9.64 Å². The largest absolute Gasteiger partial charge is 0.508 e. The Morgan fingerprint density at radius 1 is 1.02 bits per heavy atom. The van der Waals surface area contributed by atoms with E-state index in [-0.39, 0.29) is 48.2 Å². The molecule has 4 aliphatic rings. The Labute approximate surface area is 239 Å². The summed E-state index contributed by atoms with van der Waals surface area (Å²) in [6, 6.07) is 9.29. The number of imide groups is 2. The summed E-state index contributed by atoms with van der Waals surface area (Å²) in [6.45, 7) is 1.92.